The Morgan fingerprint density at radius 2 is 1.91 bits per heavy atom. The van der Waals surface area contributed by atoms with Crippen LogP contribution in [-0.4, -0.2) is 32.0 Å². The maximum absolute atomic E-state index is 12.3. The molecular weight excluding hydrogens is 292 g/mol. The van der Waals surface area contributed by atoms with Crippen molar-refractivity contribution in [1.82, 2.24) is 4.90 Å². The van der Waals surface area contributed by atoms with Crippen molar-refractivity contribution in [2.24, 2.45) is 0 Å². The molecule has 0 spiro atoms. The second-order valence-corrected chi connectivity index (χ2v) is 5.09. The van der Waals surface area contributed by atoms with Crippen molar-refractivity contribution >= 4 is 5.91 Å². The molecule has 2 aromatic carbocycles. The third-order valence-electron chi connectivity index (χ3n) is 3.35. The number of carbonyl (C=O) groups is 1. The summed E-state index contributed by atoms with van der Waals surface area (Å²) in [5, 5.41) is 9.14. The number of rotatable bonds is 5. The summed E-state index contributed by atoms with van der Waals surface area (Å²) in [6, 6.07) is 14.5. The van der Waals surface area contributed by atoms with Crippen molar-refractivity contribution < 1.29 is 14.3 Å². The number of hydrogen-bond donors (Lipinski definition) is 0. The first kappa shape index (κ1) is 16.4. The number of ether oxygens (including phenoxy) is 2. The summed E-state index contributed by atoms with van der Waals surface area (Å²) < 4.78 is 11.1. The highest BCUT2D eigenvalue weighted by atomic mass is 16.5. The van der Waals surface area contributed by atoms with Gasteiger partial charge in [-0.1, -0.05) is 24.3 Å². The minimum Gasteiger partial charge on any atom is -0.493 e. The number of benzene rings is 2. The first-order valence-electron chi connectivity index (χ1n) is 7.08. The highest BCUT2D eigenvalue weighted by Crippen LogP contribution is 2.32. The fourth-order valence-corrected chi connectivity index (χ4v) is 2.14. The minimum absolute atomic E-state index is 0.174. The molecule has 0 aliphatic carbocycles. The van der Waals surface area contributed by atoms with Gasteiger partial charge in [-0.15, -0.1) is 0 Å². The third-order valence-corrected chi connectivity index (χ3v) is 3.35. The van der Waals surface area contributed by atoms with Crippen LogP contribution in [0.5, 0.6) is 11.5 Å². The maximum Gasteiger partial charge on any atom is 0.257 e. The molecule has 23 heavy (non-hydrogen) atoms. The van der Waals surface area contributed by atoms with Crippen LogP contribution in [0.4, 0.5) is 0 Å². The molecule has 2 aromatic rings. The van der Waals surface area contributed by atoms with Crippen molar-refractivity contribution in [3.63, 3.8) is 0 Å². The minimum atomic E-state index is -0.174. The van der Waals surface area contributed by atoms with E-state index in [0.29, 0.717) is 22.6 Å². The van der Waals surface area contributed by atoms with Crippen molar-refractivity contribution in [3.8, 4) is 17.6 Å². The summed E-state index contributed by atoms with van der Waals surface area (Å²) in [6.07, 6.45) is 0. The van der Waals surface area contributed by atoms with Crippen LogP contribution in [0.15, 0.2) is 42.5 Å². The molecule has 5 nitrogen and oxygen atoms in total. The number of nitrogens with zero attached hydrogens (tertiary/aromatic N) is 2. The molecule has 118 valence electrons. The molecule has 2 rings (SSSR count). The number of nitriles is 1. The van der Waals surface area contributed by atoms with Gasteiger partial charge in [0.05, 0.1) is 24.3 Å². The summed E-state index contributed by atoms with van der Waals surface area (Å²) in [5.41, 5.74) is 1.72. The van der Waals surface area contributed by atoms with Gasteiger partial charge in [-0.2, -0.15) is 5.26 Å². The monoisotopic (exact) mass is 310 g/mol. The van der Waals surface area contributed by atoms with E-state index in [1.807, 2.05) is 12.1 Å². The lowest BCUT2D eigenvalue weighted by Gasteiger charge is -2.17. The third kappa shape index (κ3) is 3.61. The maximum atomic E-state index is 12.3. The average Bonchev–Trinajstić information content (AvgIpc) is 2.59. The number of carbonyl (C=O) groups excluding carboxylic acids is 1. The van der Waals surface area contributed by atoms with Crippen LogP contribution in [0, 0.1) is 11.3 Å². The summed E-state index contributed by atoms with van der Waals surface area (Å²) >= 11 is 0. The van der Waals surface area contributed by atoms with Gasteiger partial charge in [0.25, 0.3) is 5.91 Å². The van der Waals surface area contributed by atoms with Crippen LogP contribution in [0.25, 0.3) is 0 Å². The Bertz CT molecular complexity index is 748. The number of hydrogen-bond acceptors (Lipinski definition) is 4. The Labute approximate surface area is 135 Å². The predicted molar refractivity (Wildman–Crippen MR) is 86.5 cm³/mol. The van der Waals surface area contributed by atoms with Gasteiger partial charge in [0.15, 0.2) is 11.5 Å². The van der Waals surface area contributed by atoms with E-state index in [9.17, 15) is 4.79 Å². The normalized spacial score (nSPS) is 9.83. The predicted octanol–water partition coefficient (Wildman–Crippen LogP) is 2.85. The Hall–Kier alpha value is -3.00. The number of methoxy groups -OCH3 is 1. The van der Waals surface area contributed by atoms with Crippen molar-refractivity contribution in [2.75, 3.05) is 21.2 Å². The average molecular weight is 310 g/mol. The lowest BCUT2D eigenvalue weighted by molar-refractivity contribution is 0.0822. The van der Waals surface area contributed by atoms with Crippen LogP contribution in [-0.2, 0) is 6.61 Å². The Kier molecular flexibility index (Phi) is 5.21. The zero-order valence-electron chi connectivity index (χ0n) is 13.4. The molecule has 5 heteroatoms. The fourth-order valence-electron chi connectivity index (χ4n) is 2.14. The smallest absolute Gasteiger partial charge is 0.257 e. The molecule has 0 aliphatic rings. The summed E-state index contributed by atoms with van der Waals surface area (Å²) in [6.45, 7) is 0.178. The van der Waals surface area contributed by atoms with Gasteiger partial charge >= 0.3 is 0 Å². The van der Waals surface area contributed by atoms with Crippen molar-refractivity contribution in [2.45, 2.75) is 6.61 Å². The van der Waals surface area contributed by atoms with Crippen LogP contribution >= 0.6 is 0 Å². The highest BCUT2D eigenvalue weighted by molar-refractivity contribution is 5.97. The molecule has 0 saturated carbocycles. The molecule has 0 fully saturated rings. The largest absolute Gasteiger partial charge is 0.493 e. The van der Waals surface area contributed by atoms with Gasteiger partial charge in [-0.05, 0) is 18.2 Å². The Morgan fingerprint density at radius 3 is 2.57 bits per heavy atom. The molecule has 0 bridgehead atoms. The molecule has 0 radical (unpaired) electrons. The first-order chi connectivity index (χ1) is 11.1. The topological polar surface area (TPSA) is 62.6 Å². The first-order valence-corrected chi connectivity index (χ1v) is 7.08. The van der Waals surface area contributed by atoms with Crippen LogP contribution in [0.3, 0.4) is 0 Å². The van der Waals surface area contributed by atoms with E-state index in [4.69, 9.17) is 14.7 Å². The lowest BCUT2D eigenvalue weighted by Crippen LogP contribution is -2.22. The molecule has 0 unspecified atom stereocenters. The molecule has 0 atom stereocenters. The summed E-state index contributed by atoms with van der Waals surface area (Å²) in [5.74, 6) is 0.682. The molecule has 0 aliphatic heterocycles. The zero-order valence-corrected chi connectivity index (χ0v) is 13.4. The van der Waals surface area contributed by atoms with Crippen molar-refractivity contribution in [3.05, 3.63) is 59.2 Å². The van der Waals surface area contributed by atoms with E-state index in [1.54, 1.807) is 44.4 Å². The lowest BCUT2D eigenvalue weighted by atomic mass is 10.1. The molecule has 0 heterocycles. The highest BCUT2D eigenvalue weighted by Gasteiger charge is 2.19. The van der Waals surface area contributed by atoms with E-state index >= 15 is 0 Å². The van der Waals surface area contributed by atoms with Gasteiger partial charge in [-0.3, -0.25) is 4.79 Å². The van der Waals surface area contributed by atoms with Crippen LogP contribution in [0.2, 0.25) is 0 Å². The van der Waals surface area contributed by atoms with Gasteiger partial charge in [0.1, 0.15) is 6.61 Å². The van der Waals surface area contributed by atoms with Gasteiger partial charge < -0.3 is 14.4 Å². The molecular formula is C18H18N2O3. The van der Waals surface area contributed by atoms with E-state index < -0.39 is 0 Å². The SMILES string of the molecule is COc1cccc(C(=O)N(C)C)c1OCc1ccccc1C#N. The Morgan fingerprint density at radius 1 is 1.17 bits per heavy atom. The standard InChI is InChI=1S/C18H18N2O3/c1-20(2)18(21)15-9-6-10-16(22-3)17(15)23-12-14-8-5-4-7-13(14)11-19/h4-10H,12H2,1-3H3. The van der Waals surface area contributed by atoms with Gasteiger partial charge in [-0.25, -0.2) is 0 Å². The molecule has 0 saturated heterocycles. The van der Waals surface area contributed by atoms with E-state index in [-0.39, 0.29) is 12.5 Å². The molecule has 0 aromatic heterocycles. The van der Waals surface area contributed by atoms with Crippen LogP contribution < -0.4 is 9.47 Å². The number of para-hydroxylation sites is 1. The van der Waals surface area contributed by atoms with E-state index in [2.05, 4.69) is 6.07 Å². The van der Waals surface area contributed by atoms with Crippen LogP contribution in [0.1, 0.15) is 21.5 Å². The Balaban J connectivity index is 2.35. The summed E-state index contributed by atoms with van der Waals surface area (Å²) in [7, 11) is 4.88. The van der Waals surface area contributed by atoms with E-state index in [1.165, 1.54) is 12.0 Å². The quantitative estimate of drug-likeness (QED) is 0.852. The number of amides is 1. The van der Waals surface area contributed by atoms with Gasteiger partial charge in [0, 0.05) is 19.7 Å². The zero-order chi connectivity index (χ0) is 16.8. The van der Waals surface area contributed by atoms with Gasteiger partial charge in [0.2, 0.25) is 0 Å². The second-order valence-electron chi connectivity index (χ2n) is 5.09. The molecule has 0 N–H and O–H groups in total. The second kappa shape index (κ2) is 7.32. The van der Waals surface area contributed by atoms with E-state index in [0.717, 1.165) is 5.56 Å². The summed E-state index contributed by atoms with van der Waals surface area (Å²) in [4.78, 5) is 13.8. The molecule has 1 amide bonds. The fraction of sp³-hybridized carbons (Fsp3) is 0.222. The van der Waals surface area contributed by atoms with Crippen molar-refractivity contribution in [1.29, 1.82) is 5.26 Å².